The average molecular weight is 527 g/mol. The van der Waals surface area contributed by atoms with Gasteiger partial charge in [-0.05, 0) is 52.4 Å². The summed E-state index contributed by atoms with van der Waals surface area (Å²) >= 11 is 26.3. The van der Waals surface area contributed by atoms with Crippen LogP contribution in [0, 0.1) is 10.1 Å². The molecule has 0 aliphatic rings. The minimum absolute atomic E-state index is 0.0394. The summed E-state index contributed by atoms with van der Waals surface area (Å²) in [5.41, 5.74) is 0.755. The zero-order valence-corrected chi connectivity index (χ0v) is 18.5. The highest BCUT2D eigenvalue weighted by Crippen LogP contribution is 2.29. The first kappa shape index (κ1) is 22.6. The second kappa shape index (κ2) is 9.71. The molecule has 0 heterocycles. The molecule has 0 aliphatic heterocycles. The molecule has 2 aromatic rings. The van der Waals surface area contributed by atoms with Crippen LogP contribution in [0.3, 0.4) is 0 Å². The third-order valence-electron chi connectivity index (χ3n) is 3.33. The number of alkyl halides is 3. The van der Waals surface area contributed by atoms with Crippen LogP contribution in [-0.4, -0.2) is 25.9 Å². The lowest BCUT2D eigenvalue weighted by Crippen LogP contribution is -2.56. The lowest BCUT2D eigenvalue weighted by atomic mass is 10.2. The Morgan fingerprint density at radius 3 is 2.25 bits per heavy atom. The zero-order chi connectivity index (χ0) is 20.9. The predicted octanol–water partition coefficient (Wildman–Crippen LogP) is 4.77. The Morgan fingerprint density at radius 2 is 1.71 bits per heavy atom. The molecule has 0 radical (unpaired) electrons. The second-order valence-corrected chi connectivity index (χ2v) is 8.96. The Hall–Kier alpha value is -1.65. The number of nitrogens with zero attached hydrogens (tertiary/aromatic N) is 1. The molecule has 0 fully saturated rings. The first-order valence-electron chi connectivity index (χ1n) is 7.52. The van der Waals surface area contributed by atoms with Crippen molar-refractivity contribution in [3.63, 3.8) is 0 Å². The number of halogens is 4. The Bertz CT molecular complexity index is 893. The first-order chi connectivity index (χ1) is 13.1. The van der Waals surface area contributed by atoms with E-state index in [0.717, 1.165) is 0 Å². The van der Waals surface area contributed by atoms with Gasteiger partial charge in [0.1, 0.15) is 6.17 Å². The summed E-state index contributed by atoms with van der Waals surface area (Å²) in [6.45, 7) is 0. The molecular formula is C16H12BrCl3N4O3S. The smallest absolute Gasteiger partial charge is 0.269 e. The largest absolute Gasteiger partial charge is 0.339 e. The number of anilines is 1. The summed E-state index contributed by atoms with van der Waals surface area (Å²) in [6.07, 6.45) is -1.16. The van der Waals surface area contributed by atoms with E-state index in [1.54, 1.807) is 24.3 Å². The third kappa shape index (κ3) is 6.46. The first-order valence-corrected chi connectivity index (χ1v) is 9.85. The number of hydrogen-bond acceptors (Lipinski definition) is 4. The summed E-state index contributed by atoms with van der Waals surface area (Å²) in [4.78, 5) is 22.7. The van der Waals surface area contributed by atoms with Crippen molar-refractivity contribution < 1.29 is 9.72 Å². The normalized spacial score (nSPS) is 12.0. The van der Waals surface area contributed by atoms with Crippen molar-refractivity contribution in [1.82, 2.24) is 10.6 Å². The minimum atomic E-state index is -1.92. The Kier molecular flexibility index (Phi) is 7.85. The highest BCUT2D eigenvalue weighted by molar-refractivity contribution is 9.10. The van der Waals surface area contributed by atoms with Gasteiger partial charge in [-0.15, -0.1) is 0 Å². The maximum Gasteiger partial charge on any atom is 0.269 e. The summed E-state index contributed by atoms with van der Waals surface area (Å²) < 4.78 is -1.35. The van der Waals surface area contributed by atoms with E-state index in [2.05, 4.69) is 31.9 Å². The van der Waals surface area contributed by atoms with Gasteiger partial charge in [-0.1, -0.05) is 46.9 Å². The summed E-state index contributed by atoms with van der Waals surface area (Å²) in [5.74, 6) is -0.491. The van der Waals surface area contributed by atoms with E-state index in [9.17, 15) is 14.9 Å². The molecule has 1 atom stereocenters. The van der Waals surface area contributed by atoms with Crippen LogP contribution < -0.4 is 16.0 Å². The Balaban J connectivity index is 2.07. The molecule has 1 amide bonds. The van der Waals surface area contributed by atoms with Gasteiger partial charge in [0.15, 0.2) is 5.11 Å². The van der Waals surface area contributed by atoms with Crippen LogP contribution in [-0.2, 0) is 0 Å². The van der Waals surface area contributed by atoms with Crippen LogP contribution in [0.25, 0.3) is 0 Å². The SMILES string of the molecule is O=C(N[C@@H](NC(=S)Nc1ccc([N+](=O)[O-])cc1)C(Cl)(Cl)Cl)c1ccccc1Br. The molecule has 0 unspecified atom stereocenters. The second-order valence-electron chi connectivity index (χ2n) is 5.33. The van der Waals surface area contributed by atoms with Gasteiger partial charge in [0.25, 0.3) is 11.6 Å². The van der Waals surface area contributed by atoms with Gasteiger partial charge < -0.3 is 16.0 Å². The fraction of sp³-hybridized carbons (Fsp3) is 0.125. The fourth-order valence-corrected chi connectivity index (χ4v) is 3.05. The number of rotatable bonds is 5. The van der Waals surface area contributed by atoms with Gasteiger partial charge in [0, 0.05) is 22.3 Å². The average Bonchev–Trinajstić information content (AvgIpc) is 2.61. The summed E-state index contributed by atoms with van der Waals surface area (Å²) in [7, 11) is 0. The minimum Gasteiger partial charge on any atom is -0.339 e. The lowest BCUT2D eigenvalue weighted by Gasteiger charge is -2.28. The van der Waals surface area contributed by atoms with Crippen molar-refractivity contribution in [2.45, 2.75) is 9.96 Å². The quantitative estimate of drug-likeness (QED) is 0.171. The van der Waals surface area contributed by atoms with Gasteiger partial charge in [0.05, 0.1) is 10.5 Å². The molecule has 0 saturated carbocycles. The number of thiocarbonyl (C=S) groups is 1. The highest BCUT2D eigenvalue weighted by atomic mass is 79.9. The molecular weight excluding hydrogens is 515 g/mol. The van der Waals surface area contributed by atoms with E-state index >= 15 is 0 Å². The molecule has 2 aromatic carbocycles. The molecule has 0 bridgehead atoms. The van der Waals surface area contributed by atoms with Crippen molar-refractivity contribution in [2.24, 2.45) is 0 Å². The molecule has 3 N–H and O–H groups in total. The monoisotopic (exact) mass is 524 g/mol. The van der Waals surface area contributed by atoms with Gasteiger partial charge in [-0.3, -0.25) is 14.9 Å². The molecule has 12 heteroatoms. The fourth-order valence-electron chi connectivity index (χ4n) is 2.02. The van der Waals surface area contributed by atoms with Gasteiger partial charge in [0.2, 0.25) is 3.79 Å². The molecule has 0 aliphatic carbocycles. The Labute approximate surface area is 189 Å². The number of hydrogen-bond donors (Lipinski definition) is 3. The van der Waals surface area contributed by atoms with E-state index in [-0.39, 0.29) is 10.8 Å². The molecule has 0 spiro atoms. The van der Waals surface area contributed by atoms with E-state index in [4.69, 9.17) is 47.0 Å². The molecule has 7 nitrogen and oxygen atoms in total. The van der Waals surface area contributed by atoms with Crippen LogP contribution in [0.2, 0.25) is 0 Å². The van der Waals surface area contributed by atoms with Gasteiger partial charge in [-0.25, -0.2) is 0 Å². The van der Waals surface area contributed by atoms with E-state index in [0.29, 0.717) is 15.7 Å². The summed E-state index contributed by atoms with van der Waals surface area (Å²) in [5, 5.41) is 18.8. The molecule has 2 rings (SSSR count). The third-order valence-corrected chi connectivity index (χ3v) is 4.90. The predicted molar refractivity (Wildman–Crippen MR) is 118 cm³/mol. The summed E-state index contributed by atoms with van der Waals surface area (Å²) in [6, 6.07) is 12.3. The number of amides is 1. The Morgan fingerprint density at radius 1 is 1.11 bits per heavy atom. The van der Waals surface area contributed by atoms with Gasteiger partial charge in [-0.2, -0.15) is 0 Å². The molecule has 148 valence electrons. The van der Waals surface area contributed by atoms with Crippen LogP contribution in [0.5, 0.6) is 0 Å². The molecule has 0 aromatic heterocycles. The van der Waals surface area contributed by atoms with Crippen LogP contribution >= 0.6 is 63.0 Å². The van der Waals surface area contributed by atoms with Crippen LogP contribution in [0.4, 0.5) is 11.4 Å². The van der Waals surface area contributed by atoms with E-state index < -0.39 is 20.8 Å². The van der Waals surface area contributed by atoms with Crippen molar-refractivity contribution in [3.8, 4) is 0 Å². The van der Waals surface area contributed by atoms with Gasteiger partial charge >= 0.3 is 0 Å². The number of nitrogens with one attached hydrogen (secondary N) is 3. The van der Waals surface area contributed by atoms with Crippen molar-refractivity contribution in [1.29, 1.82) is 0 Å². The standard InChI is InChI=1S/C16H12BrCl3N4O3S/c17-12-4-2-1-3-11(12)13(25)22-14(16(18,19)20)23-15(28)21-9-5-7-10(8-6-9)24(26)27/h1-8,14H,(H,22,25)(H2,21,23,28)/t14-/m0/s1. The number of nitro benzene ring substituents is 1. The maximum absolute atomic E-state index is 12.5. The lowest BCUT2D eigenvalue weighted by molar-refractivity contribution is -0.384. The zero-order valence-electron chi connectivity index (χ0n) is 13.8. The van der Waals surface area contributed by atoms with Crippen LogP contribution in [0.1, 0.15) is 10.4 Å². The molecule has 0 saturated heterocycles. The number of non-ortho nitro benzene ring substituents is 1. The van der Waals surface area contributed by atoms with Crippen LogP contribution in [0.15, 0.2) is 53.0 Å². The number of benzene rings is 2. The highest BCUT2D eigenvalue weighted by Gasteiger charge is 2.35. The number of nitro groups is 1. The maximum atomic E-state index is 12.5. The molecule has 28 heavy (non-hydrogen) atoms. The van der Waals surface area contributed by atoms with Crippen molar-refractivity contribution in [2.75, 3.05) is 5.32 Å². The van der Waals surface area contributed by atoms with Crippen molar-refractivity contribution in [3.05, 3.63) is 68.7 Å². The van der Waals surface area contributed by atoms with Crippen molar-refractivity contribution >= 4 is 85.3 Å². The number of carbonyl (C=O) groups excluding carboxylic acids is 1. The van der Waals surface area contributed by atoms with E-state index in [1.807, 2.05) is 0 Å². The number of carbonyl (C=O) groups is 1. The topological polar surface area (TPSA) is 96.3 Å². The van der Waals surface area contributed by atoms with E-state index in [1.165, 1.54) is 24.3 Å².